The fraction of sp³-hybridized carbons (Fsp3) is 0.458. The molecule has 0 bridgehead atoms. The molecule has 2 nitrogen and oxygen atoms in total. The van der Waals surface area contributed by atoms with Gasteiger partial charge in [0.2, 0.25) is 0 Å². The van der Waals surface area contributed by atoms with Crippen molar-refractivity contribution >= 4 is 11.6 Å². The third kappa shape index (κ3) is 7.37. The third-order valence-corrected chi connectivity index (χ3v) is 5.70. The van der Waals surface area contributed by atoms with Gasteiger partial charge in [-0.15, -0.1) is 11.6 Å². The van der Waals surface area contributed by atoms with Crippen molar-refractivity contribution in [2.24, 2.45) is 0 Å². The Morgan fingerprint density at radius 2 is 1.56 bits per heavy atom. The molecule has 0 amide bonds. The van der Waals surface area contributed by atoms with Gasteiger partial charge in [0.15, 0.2) is 0 Å². The van der Waals surface area contributed by atoms with E-state index in [1.807, 2.05) is 0 Å². The molecule has 2 aromatic rings. The van der Waals surface area contributed by atoms with Gasteiger partial charge >= 0.3 is 0 Å². The van der Waals surface area contributed by atoms with Gasteiger partial charge in [0.1, 0.15) is 0 Å². The Bertz CT molecular complexity index is 699. The minimum Gasteiger partial charge on any atom is -0.303 e. The Morgan fingerprint density at radius 3 is 2.11 bits per heavy atom. The molecule has 3 heteroatoms. The first-order valence-electron chi connectivity index (χ1n) is 9.96. The SMILES string of the molecule is CC#N.CCN(CCCc1ccc(C2(Cl)CC2)cc1)CCc1ccccc1. The molecule has 27 heavy (non-hydrogen) atoms. The van der Waals surface area contributed by atoms with Crippen LogP contribution in [0.5, 0.6) is 0 Å². The number of aryl methyl sites for hydroxylation is 1. The van der Waals surface area contributed by atoms with Crippen molar-refractivity contribution in [3.63, 3.8) is 0 Å². The first-order chi connectivity index (χ1) is 13.1. The second-order valence-corrected chi connectivity index (χ2v) is 7.88. The van der Waals surface area contributed by atoms with E-state index < -0.39 is 0 Å². The summed E-state index contributed by atoms with van der Waals surface area (Å²) >= 11 is 6.47. The number of rotatable bonds is 9. The molecular formula is C24H31ClN2. The summed E-state index contributed by atoms with van der Waals surface area (Å²) in [6.07, 6.45) is 5.76. The molecule has 1 saturated carbocycles. The smallest absolute Gasteiger partial charge is 0.0696 e. The number of likely N-dealkylation sites (N-methyl/N-ethyl adjacent to an activating group) is 1. The molecule has 0 N–H and O–H groups in total. The lowest BCUT2D eigenvalue weighted by Crippen LogP contribution is -2.27. The van der Waals surface area contributed by atoms with Gasteiger partial charge in [-0.25, -0.2) is 0 Å². The molecule has 3 rings (SSSR count). The first kappa shape index (κ1) is 21.5. The minimum absolute atomic E-state index is 0.0328. The van der Waals surface area contributed by atoms with Crippen LogP contribution in [0.15, 0.2) is 54.6 Å². The van der Waals surface area contributed by atoms with Gasteiger partial charge in [-0.1, -0.05) is 61.5 Å². The maximum Gasteiger partial charge on any atom is 0.0696 e. The summed E-state index contributed by atoms with van der Waals surface area (Å²) in [5.41, 5.74) is 4.16. The van der Waals surface area contributed by atoms with Crippen molar-refractivity contribution in [2.75, 3.05) is 19.6 Å². The predicted octanol–water partition coefficient (Wildman–Crippen LogP) is 5.94. The fourth-order valence-corrected chi connectivity index (χ4v) is 3.46. The molecule has 1 aliphatic rings. The highest BCUT2D eigenvalue weighted by molar-refractivity contribution is 6.25. The van der Waals surface area contributed by atoms with Crippen molar-refractivity contribution in [3.05, 3.63) is 71.3 Å². The molecular weight excluding hydrogens is 352 g/mol. The molecule has 0 spiro atoms. The van der Waals surface area contributed by atoms with Crippen LogP contribution in [0.3, 0.4) is 0 Å². The average molecular weight is 383 g/mol. The minimum atomic E-state index is -0.0328. The fourth-order valence-electron chi connectivity index (χ4n) is 3.24. The second kappa shape index (κ2) is 11.1. The summed E-state index contributed by atoms with van der Waals surface area (Å²) in [5, 5.41) is 7.32. The van der Waals surface area contributed by atoms with Gasteiger partial charge < -0.3 is 4.90 Å². The zero-order valence-electron chi connectivity index (χ0n) is 16.6. The van der Waals surface area contributed by atoms with Crippen molar-refractivity contribution < 1.29 is 0 Å². The van der Waals surface area contributed by atoms with Crippen LogP contribution >= 0.6 is 11.6 Å². The van der Waals surface area contributed by atoms with Crippen LogP contribution in [0.25, 0.3) is 0 Å². The van der Waals surface area contributed by atoms with Crippen molar-refractivity contribution in [3.8, 4) is 6.07 Å². The predicted molar refractivity (Wildman–Crippen MR) is 115 cm³/mol. The zero-order valence-corrected chi connectivity index (χ0v) is 17.4. The third-order valence-electron chi connectivity index (χ3n) is 5.11. The number of hydrogen-bond acceptors (Lipinski definition) is 2. The summed E-state index contributed by atoms with van der Waals surface area (Å²) in [7, 11) is 0. The van der Waals surface area contributed by atoms with Gasteiger partial charge in [-0.3, -0.25) is 0 Å². The van der Waals surface area contributed by atoms with E-state index in [4.69, 9.17) is 16.9 Å². The first-order valence-corrected chi connectivity index (χ1v) is 10.3. The number of nitriles is 1. The molecule has 1 aliphatic carbocycles. The lowest BCUT2D eigenvalue weighted by molar-refractivity contribution is 0.288. The normalized spacial score (nSPS) is 14.2. The van der Waals surface area contributed by atoms with E-state index in [-0.39, 0.29) is 4.87 Å². The number of benzene rings is 2. The zero-order chi connectivity index (χ0) is 19.5. The molecule has 0 aliphatic heterocycles. The van der Waals surface area contributed by atoms with Crippen LogP contribution in [0.4, 0.5) is 0 Å². The molecule has 0 unspecified atom stereocenters. The highest BCUT2D eigenvalue weighted by Crippen LogP contribution is 2.51. The Labute approximate surface area is 169 Å². The molecule has 2 aromatic carbocycles. The van der Waals surface area contributed by atoms with E-state index in [2.05, 4.69) is 66.4 Å². The highest BCUT2D eigenvalue weighted by atomic mass is 35.5. The quantitative estimate of drug-likeness (QED) is 0.501. The van der Waals surface area contributed by atoms with E-state index >= 15 is 0 Å². The number of nitrogens with zero attached hydrogens (tertiary/aromatic N) is 2. The second-order valence-electron chi connectivity index (χ2n) is 7.16. The molecule has 0 heterocycles. The Balaban J connectivity index is 0.000000817. The lowest BCUT2D eigenvalue weighted by atomic mass is 10.0. The van der Waals surface area contributed by atoms with Gasteiger partial charge in [-0.2, -0.15) is 5.26 Å². The van der Waals surface area contributed by atoms with Crippen LogP contribution < -0.4 is 0 Å². The summed E-state index contributed by atoms with van der Waals surface area (Å²) in [6.45, 7) is 7.13. The van der Waals surface area contributed by atoms with Gasteiger partial charge in [-0.05, 0) is 61.9 Å². The van der Waals surface area contributed by atoms with E-state index in [0.717, 1.165) is 38.8 Å². The average Bonchev–Trinajstić information content (AvgIpc) is 3.45. The monoisotopic (exact) mass is 382 g/mol. The van der Waals surface area contributed by atoms with Gasteiger partial charge in [0.05, 0.1) is 10.9 Å². The largest absolute Gasteiger partial charge is 0.303 e. The Hall–Kier alpha value is -1.82. The van der Waals surface area contributed by atoms with Crippen LogP contribution in [0, 0.1) is 11.3 Å². The Morgan fingerprint density at radius 1 is 0.963 bits per heavy atom. The summed E-state index contributed by atoms with van der Waals surface area (Å²) in [6, 6.07) is 21.5. The maximum absolute atomic E-state index is 7.32. The molecule has 0 atom stereocenters. The van der Waals surface area contributed by atoms with Crippen LogP contribution in [0.1, 0.15) is 49.8 Å². The molecule has 0 aromatic heterocycles. The highest BCUT2D eigenvalue weighted by Gasteiger charge is 2.41. The standard InChI is InChI=1S/C22H28ClN.C2H3N/c1-2-24(18-14-19-7-4-3-5-8-19)17-6-9-20-10-12-21(13-11-20)22(23)15-16-22;1-2-3/h3-5,7-8,10-13H,2,6,9,14-18H2,1H3;1H3. The van der Waals surface area contributed by atoms with Gasteiger partial charge in [0.25, 0.3) is 0 Å². The van der Waals surface area contributed by atoms with Crippen molar-refractivity contribution in [2.45, 2.75) is 50.8 Å². The van der Waals surface area contributed by atoms with Gasteiger partial charge in [0, 0.05) is 13.5 Å². The Kier molecular flexibility index (Phi) is 8.85. The number of alkyl halides is 1. The number of halogens is 1. The van der Waals surface area contributed by atoms with Crippen molar-refractivity contribution in [1.29, 1.82) is 5.26 Å². The summed E-state index contributed by atoms with van der Waals surface area (Å²) in [4.78, 5) is 2.52. The molecule has 1 fully saturated rings. The lowest BCUT2D eigenvalue weighted by Gasteiger charge is -2.20. The van der Waals surface area contributed by atoms with Crippen LogP contribution in [-0.2, 0) is 17.7 Å². The maximum atomic E-state index is 7.32. The van der Waals surface area contributed by atoms with Crippen LogP contribution in [0.2, 0.25) is 0 Å². The number of hydrogen-bond donors (Lipinski definition) is 0. The molecule has 0 radical (unpaired) electrons. The topological polar surface area (TPSA) is 27.0 Å². The molecule has 0 saturated heterocycles. The summed E-state index contributed by atoms with van der Waals surface area (Å²) < 4.78 is 0. The molecule has 144 valence electrons. The van der Waals surface area contributed by atoms with E-state index in [1.165, 1.54) is 36.6 Å². The van der Waals surface area contributed by atoms with E-state index in [1.54, 1.807) is 6.07 Å². The van der Waals surface area contributed by atoms with E-state index in [0.29, 0.717) is 0 Å². The van der Waals surface area contributed by atoms with E-state index in [9.17, 15) is 0 Å². The van der Waals surface area contributed by atoms with Crippen molar-refractivity contribution in [1.82, 2.24) is 4.90 Å². The van der Waals surface area contributed by atoms with Crippen LogP contribution in [-0.4, -0.2) is 24.5 Å². The summed E-state index contributed by atoms with van der Waals surface area (Å²) in [5.74, 6) is 0.